The first kappa shape index (κ1) is 9.06. The molecule has 0 spiro atoms. The maximum atomic E-state index is 11.0. The van der Waals surface area contributed by atoms with E-state index in [0.29, 0.717) is 13.0 Å². The minimum Gasteiger partial charge on any atom is -0.496 e. The average Bonchev–Trinajstić information content (AvgIpc) is 2.65. The fourth-order valence-corrected chi connectivity index (χ4v) is 1.72. The highest BCUT2D eigenvalue weighted by molar-refractivity contribution is 5.73. The molecular weight excluding hydrogens is 180 g/mol. The largest absolute Gasteiger partial charge is 0.496 e. The molecule has 0 saturated carbocycles. The highest BCUT2D eigenvalue weighted by atomic mass is 16.5. The third kappa shape index (κ3) is 1.58. The number of hydrogen-bond acceptors (Lipinski definition) is 3. The number of rotatable bonds is 2. The van der Waals surface area contributed by atoms with Crippen molar-refractivity contribution in [2.24, 2.45) is 0 Å². The van der Waals surface area contributed by atoms with E-state index in [4.69, 9.17) is 9.47 Å². The van der Waals surface area contributed by atoms with Crippen molar-refractivity contribution in [3.63, 3.8) is 0 Å². The SMILES string of the molecule is COc1ccccc1[C@@H]1COC(=O)C1. The molecule has 0 aromatic heterocycles. The lowest BCUT2D eigenvalue weighted by atomic mass is 9.97. The van der Waals surface area contributed by atoms with Crippen LogP contribution in [-0.4, -0.2) is 19.7 Å². The third-order valence-corrected chi connectivity index (χ3v) is 2.44. The van der Waals surface area contributed by atoms with Gasteiger partial charge in [0, 0.05) is 11.5 Å². The van der Waals surface area contributed by atoms with Gasteiger partial charge in [-0.2, -0.15) is 0 Å². The maximum absolute atomic E-state index is 11.0. The summed E-state index contributed by atoms with van der Waals surface area (Å²) in [6.45, 7) is 0.471. The number of carbonyl (C=O) groups excluding carboxylic acids is 1. The number of carbonyl (C=O) groups is 1. The van der Waals surface area contributed by atoms with E-state index in [2.05, 4.69) is 0 Å². The Morgan fingerprint density at radius 3 is 2.86 bits per heavy atom. The number of methoxy groups -OCH3 is 1. The Bertz CT molecular complexity index is 346. The van der Waals surface area contributed by atoms with Crippen molar-refractivity contribution < 1.29 is 14.3 Å². The van der Waals surface area contributed by atoms with Crippen LogP contribution in [0.1, 0.15) is 17.9 Å². The molecule has 2 rings (SSSR count). The first-order chi connectivity index (χ1) is 6.81. The lowest BCUT2D eigenvalue weighted by molar-refractivity contribution is -0.137. The molecular formula is C11H12O3. The van der Waals surface area contributed by atoms with Crippen LogP contribution >= 0.6 is 0 Å². The molecule has 0 amide bonds. The standard InChI is InChI=1S/C11H12O3/c1-13-10-5-3-2-4-9(10)8-6-11(12)14-7-8/h2-5,8H,6-7H2,1H3/t8-/m0/s1. The molecule has 1 aromatic carbocycles. The summed E-state index contributed by atoms with van der Waals surface area (Å²) in [5.41, 5.74) is 1.06. The Labute approximate surface area is 82.6 Å². The predicted octanol–water partition coefficient (Wildman–Crippen LogP) is 1.73. The van der Waals surface area contributed by atoms with Crippen LogP contribution in [0.25, 0.3) is 0 Å². The summed E-state index contributed by atoms with van der Waals surface area (Å²) in [4.78, 5) is 11.0. The maximum Gasteiger partial charge on any atom is 0.306 e. The molecule has 1 aromatic rings. The second kappa shape index (κ2) is 3.70. The first-order valence-corrected chi connectivity index (χ1v) is 4.60. The Morgan fingerprint density at radius 1 is 1.43 bits per heavy atom. The molecule has 14 heavy (non-hydrogen) atoms. The molecule has 3 nitrogen and oxygen atoms in total. The minimum atomic E-state index is -0.124. The molecule has 0 N–H and O–H groups in total. The fourth-order valence-electron chi connectivity index (χ4n) is 1.72. The number of ether oxygens (including phenoxy) is 2. The van der Waals surface area contributed by atoms with Crippen molar-refractivity contribution in [3.8, 4) is 5.75 Å². The molecule has 0 unspecified atom stereocenters. The summed E-state index contributed by atoms with van der Waals surface area (Å²) in [6, 6.07) is 7.74. The molecule has 74 valence electrons. The highest BCUT2D eigenvalue weighted by Crippen LogP contribution is 2.32. The van der Waals surface area contributed by atoms with Gasteiger partial charge < -0.3 is 9.47 Å². The molecule has 1 aliphatic heterocycles. The normalized spacial score (nSPS) is 20.6. The van der Waals surface area contributed by atoms with Crippen molar-refractivity contribution in [1.29, 1.82) is 0 Å². The van der Waals surface area contributed by atoms with Crippen LogP contribution in [0.2, 0.25) is 0 Å². The Hall–Kier alpha value is -1.51. The molecule has 1 heterocycles. The third-order valence-electron chi connectivity index (χ3n) is 2.44. The van der Waals surface area contributed by atoms with E-state index in [1.54, 1.807) is 7.11 Å². The van der Waals surface area contributed by atoms with Crippen LogP contribution in [0.4, 0.5) is 0 Å². The predicted molar refractivity (Wildman–Crippen MR) is 51.3 cm³/mol. The lowest BCUT2D eigenvalue weighted by Crippen LogP contribution is -2.00. The number of esters is 1. The first-order valence-electron chi connectivity index (χ1n) is 4.60. The minimum absolute atomic E-state index is 0.124. The van der Waals surface area contributed by atoms with Gasteiger partial charge >= 0.3 is 5.97 Å². The zero-order valence-corrected chi connectivity index (χ0v) is 8.03. The van der Waals surface area contributed by atoms with Gasteiger partial charge in [-0.05, 0) is 6.07 Å². The van der Waals surface area contributed by atoms with Gasteiger partial charge in [-0.1, -0.05) is 18.2 Å². The molecule has 1 fully saturated rings. The van der Waals surface area contributed by atoms with Crippen LogP contribution in [0.15, 0.2) is 24.3 Å². The molecule has 0 radical (unpaired) electrons. The number of cyclic esters (lactones) is 1. The van der Waals surface area contributed by atoms with E-state index in [1.165, 1.54) is 0 Å². The van der Waals surface area contributed by atoms with Gasteiger partial charge in [0.15, 0.2) is 0 Å². The van der Waals surface area contributed by atoms with Crippen LogP contribution in [-0.2, 0) is 9.53 Å². The van der Waals surface area contributed by atoms with Gasteiger partial charge in [0.2, 0.25) is 0 Å². The molecule has 1 aliphatic rings. The molecule has 3 heteroatoms. The van der Waals surface area contributed by atoms with Crippen molar-refractivity contribution >= 4 is 5.97 Å². The van der Waals surface area contributed by atoms with E-state index < -0.39 is 0 Å². The highest BCUT2D eigenvalue weighted by Gasteiger charge is 2.27. The smallest absolute Gasteiger partial charge is 0.306 e. The lowest BCUT2D eigenvalue weighted by Gasteiger charge is -2.11. The average molecular weight is 192 g/mol. The number of para-hydroxylation sites is 1. The summed E-state index contributed by atoms with van der Waals surface area (Å²) in [5.74, 6) is 0.857. The van der Waals surface area contributed by atoms with Crippen molar-refractivity contribution in [1.82, 2.24) is 0 Å². The van der Waals surface area contributed by atoms with E-state index >= 15 is 0 Å². The Kier molecular flexibility index (Phi) is 2.39. The van der Waals surface area contributed by atoms with E-state index in [-0.39, 0.29) is 11.9 Å². The number of benzene rings is 1. The second-order valence-electron chi connectivity index (χ2n) is 3.33. The molecule has 1 saturated heterocycles. The Balaban J connectivity index is 2.27. The van der Waals surface area contributed by atoms with E-state index in [1.807, 2.05) is 24.3 Å². The van der Waals surface area contributed by atoms with Crippen LogP contribution in [0, 0.1) is 0 Å². The zero-order valence-electron chi connectivity index (χ0n) is 8.03. The van der Waals surface area contributed by atoms with Crippen LogP contribution in [0.3, 0.4) is 0 Å². The van der Waals surface area contributed by atoms with E-state index in [0.717, 1.165) is 11.3 Å². The van der Waals surface area contributed by atoms with Gasteiger partial charge in [-0.15, -0.1) is 0 Å². The van der Waals surface area contributed by atoms with Gasteiger partial charge in [-0.3, -0.25) is 4.79 Å². The molecule has 0 bridgehead atoms. The van der Waals surface area contributed by atoms with Gasteiger partial charge in [0.05, 0.1) is 20.1 Å². The summed E-state index contributed by atoms with van der Waals surface area (Å²) in [6.07, 6.45) is 0.459. The van der Waals surface area contributed by atoms with Gasteiger partial charge in [0.1, 0.15) is 5.75 Å². The summed E-state index contributed by atoms with van der Waals surface area (Å²) in [5, 5.41) is 0. The van der Waals surface area contributed by atoms with Gasteiger partial charge in [-0.25, -0.2) is 0 Å². The summed E-state index contributed by atoms with van der Waals surface area (Å²) >= 11 is 0. The quantitative estimate of drug-likeness (QED) is 0.669. The van der Waals surface area contributed by atoms with Gasteiger partial charge in [0.25, 0.3) is 0 Å². The number of hydrogen-bond donors (Lipinski definition) is 0. The monoisotopic (exact) mass is 192 g/mol. The summed E-state index contributed by atoms with van der Waals surface area (Å²) < 4.78 is 10.2. The molecule has 1 atom stereocenters. The molecule has 0 aliphatic carbocycles. The van der Waals surface area contributed by atoms with Crippen LogP contribution in [0.5, 0.6) is 5.75 Å². The fraction of sp³-hybridized carbons (Fsp3) is 0.364. The van der Waals surface area contributed by atoms with Crippen molar-refractivity contribution in [3.05, 3.63) is 29.8 Å². The second-order valence-corrected chi connectivity index (χ2v) is 3.33. The zero-order chi connectivity index (χ0) is 9.97. The van der Waals surface area contributed by atoms with Crippen molar-refractivity contribution in [2.45, 2.75) is 12.3 Å². The van der Waals surface area contributed by atoms with Crippen LogP contribution < -0.4 is 4.74 Å². The summed E-state index contributed by atoms with van der Waals surface area (Å²) in [7, 11) is 1.64. The Morgan fingerprint density at radius 2 is 2.21 bits per heavy atom. The van der Waals surface area contributed by atoms with E-state index in [9.17, 15) is 4.79 Å². The van der Waals surface area contributed by atoms with Crippen molar-refractivity contribution in [2.75, 3.05) is 13.7 Å². The topological polar surface area (TPSA) is 35.5 Å².